The Morgan fingerprint density at radius 1 is 1.15 bits per heavy atom. The standard InChI is InChI=1S/C24H29N3O5S/c1-3-23(28)25-13-5-14-27(2)33(30,31)21-10-8-19(9-11-21)24(29)26-17-18-7-12-22-20(16-18)6-4-15-32-22/h3,7-12,16H,1,4-6,13-15,17H2,2H3,(H,25,28)(H,26,29). The van der Waals surface area contributed by atoms with E-state index in [9.17, 15) is 18.0 Å². The van der Waals surface area contributed by atoms with Gasteiger partial charge in [0.2, 0.25) is 15.9 Å². The molecule has 2 aromatic carbocycles. The summed E-state index contributed by atoms with van der Waals surface area (Å²) in [6.45, 7) is 5.06. The number of rotatable bonds is 10. The van der Waals surface area contributed by atoms with E-state index < -0.39 is 10.0 Å². The first kappa shape index (κ1) is 24.5. The fraction of sp³-hybridized carbons (Fsp3) is 0.333. The second kappa shape index (κ2) is 11.1. The molecule has 2 aromatic rings. The second-order valence-corrected chi connectivity index (χ2v) is 9.82. The van der Waals surface area contributed by atoms with Crippen LogP contribution in [0.5, 0.6) is 5.75 Å². The minimum absolute atomic E-state index is 0.103. The van der Waals surface area contributed by atoms with Gasteiger partial charge in [-0.05, 0) is 66.8 Å². The summed E-state index contributed by atoms with van der Waals surface area (Å²) < 4.78 is 32.3. The SMILES string of the molecule is C=CC(=O)NCCCN(C)S(=O)(=O)c1ccc(C(=O)NCc2ccc3c(c2)CCCO3)cc1. The number of hydrogen-bond acceptors (Lipinski definition) is 5. The Bertz CT molecular complexity index is 1110. The lowest BCUT2D eigenvalue weighted by molar-refractivity contribution is -0.116. The topological polar surface area (TPSA) is 105 Å². The molecule has 0 unspecified atom stereocenters. The first-order valence-electron chi connectivity index (χ1n) is 10.8. The number of aryl methyl sites for hydroxylation is 1. The first-order valence-corrected chi connectivity index (χ1v) is 12.2. The maximum Gasteiger partial charge on any atom is 0.251 e. The summed E-state index contributed by atoms with van der Waals surface area (Å²) >= 11 is 0. The molecule has 33 heavy (non-hydrogen) atoms. The number of carbonyl (C=O) groups excluding carboxylic acids is 2. The third kappa shape index (κ3) is 6.43. The predicted molar refractivity (Wildman–Crippen MR) is 126 cm³/mol. The highest BCUT2D eigenvalue weighted by atomic mass is 32.2. The molecule has 0 aromatic heterocycles. The Kier molecular flexibility index (Phi) is 8.24. The van der Waals surface area contributed by atoms with Crippen LogP contribution >= 0.6 is 0 Å². The van der Waals surface area contributed by atoms with E-state index in [2.05, 4.69) is 17.2 Å². The molecule has 9 heteroatoms. The van der Waals surface area contributed by atoms with Crippen LogP contribution in [0.2, 0.25) is 0 Å². The Hall–Kier alpha value is -3.17. The molecule has 1 aliphatic heterocycles. The van der Waals surface area contributed by atoms with Gasteiger partial charge in [-0.3, -0.25) is 9.59 Å². The number of amides is 2. The number of carbonyl (C=O) groups is 2. The summed E-state index contributed by atoms with van der Waals surface area (Å²) in [6.07, 6.45) is 3.58. The van der Waals surface area contributed by atoms with Crippen LogP contribution < -0.4 is 15.4 Å². The van der Waals surface area contributed by atoms with Gasteiger partial charge in [0, 0.05) is 32.2 Å². The van der Waals surface area contributed by atoms with Gasteiger partial charge in [-0.2, -0.15) is 0 Å². The number of nitrogens with one attached hydrogen (secondary N) is 2. The molecule has 0 fully saturated rings. The second-order valence-electron chi connectivity index (χ2n) is 7.78. The highest BCUT2D eigenvalue weighted by Gasteiger charge is 2.21. The third-order valence-corrected chi connectivity index (χ3v) is 7.26. The minimum Gasteiger partial charge on any atom is -0.493 e. The van der Waals surface area contributed by atoms with E-state index in [1.807, 2.05) is 18.2 Å². The molecule has 0 radical (unpaired) electrons. The van der Waals surface area contributed by atoms with Gasteiger partial charge in [-0.1, -0.05) is 18.7 Å². The summed E-state index contributed by atoms with van der Waals surface area (Å²) in [4.78, 5) is 23.8. The van der Waals surface area contributed by atoms with Crippen molar-refractivity contribution in [3.8, 4) is 5.75 Å². The van der Waals surface area contributed by atoms with Crippen molar-refractivity contribution in [2.24, 2.45) is 0 Å². The average Bonchev–Trinajstić information content (AvgIpc) is 2.84. The highest BCUT2D eigenvalue weighted by Crippen LogP contribution is 2.25. The van der Waals surface area contributed by atoms with E-state index >= 15 is 0 Å². The molecule has 0 saturated heterocycles. The zero-order chi connectivity index (χ0) is 23.8. The average molecular weight is 472 g/mol. The van der Waals surface area contributed by atoms with Crippen LogP contribution in [0.1, 0.15) is 34.3 Å². The number of hydrogen-bond donors (Lipinski definition) is 2. The van der Waals surface area contributed by atoms with Gasteiger partial charge in [0.05, 0.1) is 11.5 Å². The maximum atomic E-state index is 12.7. The quantitative estimate of drug-likeness (QED) is 0.409. The van der Waals surface area contributed by atoms with Gasteiger partial charge in [0.15, 0.2) is 0 Å². The van der Waals surface area contributed by atoms with Crippen LogP contribution in [0.3, 0.4) is 0 Å². The van der Waals surface area contributed by atoms with Crippen LogP contribution in [0, 0.1) is 0 Å². The van der Waals surface area contributed by atoms with Gasteiger partial charge in [-0.15, -0.1) is 0 Å². The molecule has 1 heterocycles. The molecule has 176 valence electrons. The van der Waals surface area contributed by atoms with E-state index in [1.165, 1.54) is 41.7 Å². The van der Waals surface area contributed by atoms with Gasteiger partial charge >= 0.3 is 0 Å². The molecular formula is C24H29N3O5S. The Morgan fingerprint density at radius 2 is 1.91 bits per heavy atom. The van der Waals surface area contributed by atoms with Crippen LogP contribution in [-0.2, 0) is 27.8 Å². The van der Waals surface area contributed by atoms with Crippen molar-refractivity contribution in [1.82, 2.24) is 14.9 Å². The molecule has 0 atom stereocenters. The van der Waals surface area contributed by atoms with Crippen molar-refractivity contribution < 1.29 is 22.7 Å². The zero-order valence-corrected chi connectivity index (χ0v) is 19.5. The first-order chi connectivity index (χ1) is 15.8. The minimum atomic E-state index is -3.69. The van der Waals surface area contributed by atoms with E-state index in [-0.39, 0.29) is 23.3 Å². The maximum absolute atomic E-state index is 12.7. The Morgan fingerprint density at radius 3 is 2.64 bits per heavy atom. The summed E-state index contributed by atoms with van der Waals surface area (Å²) in [5.74, 6) is 0.328. The van der Waals surface area contributed by atoms with Crippen LogP contribution in [-0.4, -0.2) is 51.3 Å². The van der Waals surface area contributed by atoms with E-state index in [1.54, 1.807) is 0 Å². The lowest BCUT2D eigenvalue weighted by Gasteiger charge is -2.18. The number of nitrogens with zero attached hydrogens (tertiary/aromatic N) is 1. The van der Waals surface area contributed by atoms with Gasteiger partial charge in [-0.25, -0.2) is 12.7 Å². The highest BCUT2D eigenvalue weighted by molar-refractivity contribution is 7.89. The summed E-state index contributed by atoms with van der Waals surface area (Å²) in [5, 5.41) is 5.48. The molecule has 2 amide bonds. The predicted octanol–water partition coefficient (Wildman–Crippen LogP) is 2.25. The molecule has 2 N–H and O–H groups in total. The summed E-state index contributed by atoms with van der Waals surface area (Å²) in [7, 11) is -2.21. The monoisotopic (exact) mass is 471 g/mol. The van der Waals surface area contributed by atoms with Gasteiger partial charge in [0.25, 0.3) is 5.91 Å². The molecule has 0 bridgehead atoms. The molecular weight excluding hydrogens is 442 g/mol. The summed E-state index contributed by atoms with van der Waals surface area (Å²) in [6, 6.07) is 11.8. The van der Waals surface area contributed by atoms with Crippen molar-refractivity contribution in [3.63, 3.8) is 0 Å². The van der Waals surface area contributed by atoms with Crippen LogP contribution in [0.15, 0.2) is 60.0 Å². The largest absolute Gasteiger partial charge is 0.493 e. The van der Waals surface area contributed by atoms with E-state index in [0.717, 1.165) is 36.3 Å². The third-order valence-electron chi connectivity index (χ3n) is 5.39. The van der Waals surface area contributed by atoms with Crippen molar-refractivity contribution >= 4 is 21.8 Å². The van der Waals surface area contributed by atoms with E-state index in [4.69, 9.17) is 4.74 Å². The van der Waals surface area contributed by atoms with Gasteiger partial charge < -0.3 is 15.4 Å². The number of fused-ring (bicyclic) bond motifs is 1. The molecule has 0 spiro atoms. The fourth-order valence-corrected chi connectivity index (χ4v) is 4.68. The van der Waals surface area contributed by atoms with Crippen LogP contribution in [0.4, 0.5) is 0 Å². The lowest BCUT2D eigenvalue weighted by atomic mass is 10.0. The van der Waals surface area contributed by atoms with E-state index in [0.29, 0.717) is 25.1 Å². The van der Waals surface area contributed by atoms with Crippen molar-refractivity contribution in [3.05, 3.63) is 71.8 Å². The Balaban J connectivity index is 1.54. The summed E-state index contributed by atoms with van der Waals surface area (Å²) in [5.41, 5.74) is 2.51. The molecule has 0 saturated carbocycles. The number of benzene rings is 2. The molecule has 8 nitrogen and oxygen atoms in total. The smallest absolute Gasteiger partial charge is 0.251 e. The normalized spacial score (nSPS) is 13.0. The molecule has 3 rings (SSSR count). The molecule has 1 aliphatic rings. The lowest BCUT2D eigenvalue weighted by Crippen LogP contribution is -2.31. The number of sulfonamides is 1. The van der Waals surface area contributed by atoms with Crippen molar-refractivity contribution in [2.45, 2.75) is 30.7 Å². The Labute approximate surface area is 194 Å². The van der Waals surface area contributed by atoms with Gasteiger partial charge in [0.1, 0.15) is 5.75 Å². The molecule has 0 aliphatic carbocycles. The zero-order valence-electron chi connectivity index (χ0n) is 18.7. The van der Waals surface area contributed by atoms with Crippen molar-refractivity contribution in [1.29, 1.82) is 0 Å². The van der Waals surface area contributed by atoms with Crippen molar-refractivity contribution in [2.75, 3.05) is 26.7 Å². The fourth-order valence-electron chi connectivity index (χ4n) is 3.47. The number of ether oxygens (including phenoxy) is 1. The van der Waals surface area contributed by atoms with Crippen LogP contribution in [0.25, 0.3) is 0 Å².